The van der Waals surface area contributed by atoms with Crippen LogP contribution in [0.4, 0.5) is 0 Å². The lowest BCUT2D eigenvalue weighted by atomic mass is 9.81. The van der Waals surface area contributed by atoms with Gasteiger partial charge in [0.25, 0.3) is 0 Å². The summed E-state index contributed by atoms with van der Waals surface area (Å²) in [6.07, 6.45) is 2.63. The molecule has 0 heterocycles. The van der Waals surface area contributed by atoms with E-state index >= 15 is 0 Å². The lowest BCUT2D eigenvalue weighted by molar-refractivity contribution is 0.278. The summed E-state index contributed by atoms with van der Waals surface area (Å²) in [6, 6.07) is 5.50. The third kappa shape index (κ3) is 2.86. The topological polar surface area (TPSA) is 34.1 Å². The Bertz CT molecular complexity index is 560. The highest BCUT2D eigenvalue weighted by atomic mass is 32.2. The molecule has 0 amide bonds. The van der Waals surface area contributed by atoms with E-state index in [2.05, 4.69) is 13.8 Å². The monoisotopic (exact) mass is 280 g/mol. The quantitative estimate of drug-likeness (QED) is 0.823. The van der Waals surface area contributed by atoms with Crippen LogP contribution >= 0.6 is 0 Å². The van der Waals surface area contributed by atoms with Crippen LogP contribution in [0.1, 0.15) is 44.2 Å². The molecule has 1 saturated carbocycles. The van der Waals surface area contributed by atoms with E-state index in [9.17, 15) is 8.42 Å². The summed E-state index contributed by atoms with van der Waals surface area (Å²) in [5, 5.41) is -0.194. The van der Waals surface area contributed by atoms with Gasteiger partial charge in [0.05, 0.1) is 10.1 Å². The molecule has 0 aliphatic heterocycles. The summed E-state index contributed by atoms with van der Waals surface area (Å²) >= 11 is 0. The summed E-state index contributed by atoms with van der Waals surface area (Å²) in [4.78, 5) is 0.502. The van der Waals surface area contributed by atoms with E-state index in [1.165, 1.54) is 0 Å². The van der Waals surface area contributed by atoms with Gasteiger partial charge in [-0.05, 0) is 68.2 Å². The lowest BCUT2D eigenvalue weighted by Crippen LogP contribution is -2.31. The third-order valence-corrected chi connectivity index (χ3v) is 7.01. The molecule has 3 heteroatoms. The molecular formula is C16H24O2S. The Morgan fingerprint density at radius 2 is 1.68 bits per heavy atom. The van der Waals surface area contributed by atoms with Crippen LogP contribution in [-0.2, 0) is 9.84 Å². The molecular weight excluding hydrogens is 256 g/mol. The zero-order chi connectivity index (χ0) is 14.2. The summed E-state index contributed by atoms with van der Waals surface area (Å²) in [5.41, 5.74) is 2.20. The molecule has 2 rings (SSSR count). The predicted octanol–water partition coefficient (Wildman–Crippen LogP) is 3.90. The van der Waals surface area contributed by atoms with E-state index in [4.69, 9.17) is 0 Å². The van der Waals surface area contributed by atoms with Gasteiger partial charge in [-0.25, -0.2) is 8.42 Å². The maximum absolute atomic E-state index is 12.7. The molecule has 0 aromatic heterocycles. The molecule has 0 spiro atoms. The maximum atomic E-state index is 12.7. The second-order valence-electron chi connectivity index (χ2n) is 6.18. The Morgan fingerprint density at radius 3 is 2.26 bits per heavy atom. The average Bonchev–Trinajstić information content (AvgIpc) is 2.35. The Morgan fingerprint density at radius 1 is 1.00 bits per heavy atom. The Kier molecular flexibility index (Phi) is 4.05. The molecule has 3 atom stereocenters. The van der Waals surface area contributed by atoms with Crippen LogP contribution in [0.15, 0.2) is 23.1 Å². The van der Waals surface area contributed by atoms with Crippen molar-refractivity contribution in [2.75, 3.05) is 0 Å². The van der Waals surface area contributed by atoms with Gasteiger partial charge in [-0.1, -0.05) is 19.9 Å². The fourth-order valence-electron chi connectivity index (χ4n) is 2.86. The second kappa shape index (κ2) is 5.28. The molecule has 0 bridgehead atoms. The minimum Gasteiger partial charge on any atom is -0.223 e. The average molecular weight is 280 g/mol. The first-order chi connectivity index (χ1) is 8.82. The molecule has 106 valence electrons. The molecule has 1 aliphatic carbocycles. The van der Waals surface area contributed by atoms with Crippen molar-refractivity contribution in [2.45, 2.75) is 57.1 Å². The smallest absolute Gasteiger partial charge is 0.181 e. The van der Waals surface area contributed by atoms with Gasteiger partial charge in [0, 0.05) is 0 Å². The van der Waals surface area contributed by atoms with Crippen molar-refractivity contribution < 1.29 is 8.42 Å². The van der Waals surface area contributed by atoms with Gasteiger partial charge in [0.1, 0.15) is 0 Å². The number of rotatable bonds is 2. The largest absolute Gasteiger partial charge is 0.223 e. The Balaban J connectivity index is 2.29. The van der Waals surface area contributed by atoms with Crippen molar-refractivity contribution in [1.82, 2.24) is 0 Å². The van der Waals surface area contributed by atoms with Crippen molar-refractivity contribution in [3.63, 3.8) is 0 Å². The predicted molar refractivity (Wildman–Crippen MR) is 79.1 cm³/mol. The molecule has 0 N–H and O–H groups in total. The van der Waals surface area contributed by atoms with Crippen LogP contribution < -0.4 is 0 Å². The Hall–Kier alpha value is -0.830. The Labute approximate surface area is 117 Å². The van der Waals surface area contributed by atoms with E-state index in [1.807, 2.05) is 26.0 Å². The van der Waals surface area contributed by atoms with Crippen molar-refractivity contribution in [3.05, 3.63) is 29.3 Å². The number of sulfone groups is 1. The molecule has 0 saturated heterocycles. The minimum atomic E-state index is -3.16. The first-order valence-corrected chi connectivity index (χ1v) is 8.68. The zero-order valence-electron chi connectivity index (χ0n) is 12.3. The van der Waals surface area contributed by atoms with Gasteiger partial charge in [-0.3, -0.25) is 0 Å². The summed E-state index contributed by atoms with van der Waals surface area (Å²) < 4.78 is 25.4. The van der Waals surface area contributed by atoms with Gasteiger partial charge in [-0.2, -0.15) is 0 Å². The highest BCUT2D eigenvalue weighted by Gasteiger charge is 2.34. The molecule has 3 unspecified atom stereocenters. The van der Waals surface area contributed by atoms with Crippen LogP contribution in [0.5, 0.6) is 0 Å². The van der Waals surface area contributed by atoms with Crippen molar-refractivity contribution in [2.24, 2.45) is 11.8 Å². The summed E-state index contributed by atoms with van der Waals surface area (Å²) in [5.74, 6) is 1.14. The van der Waals surface area contributed by atoms with E-state index in [-0.39, 0.29) is 5.25 Å². The number of aryl methyl sites for hydroxylation is 2. The van der Waals surface area contributed by atoms with E-state index in [0.717, 1.165) is 30.4 Å². The molecule has 1 aliphatic rings. The van der Waals surface area contributed by atoms with Gasteiger partial charge in [0.2, 0.25) is 0 Å². The molecule has 2 nitrogen and oxygen atoms in total. The first-order valence-electron chi connectivity index (χ1n) is 7.13. The standard InChI is InChI=1S/C16H24O2S/c1-11-5-7-15(9-13(11)3)19(17,18)16-8-6-12(2)14(4)10-16/h5,7,9,12,14,16H,6,8,10H2,1-4H3. The highest BCUT2D eigenvalue weighted by molar-refractivity contribution is 7.92. The van der Waals surface area contributed by atoms with Crippen LogP contribution in [0.25, 0.3) is 0 Å². The fraction of sp³-hybridized carbons (Fsp3) is 0.625. The fourth-order valence-corrected chi connectivity index (χ4v) is 4.85. The number of hydrogen-bond donors (Lipinski definition) is 0. The zero-order valence-corrected chi connectivity index (χ0v) is 13.1. The van der Waals surface area contributed by atoms with Crippen molar-refractivity contribution in [1.29, 1.82) is 0 Å². The molecule has 1 aromatic carbocycles. The van der Waals surface area contributed by atoms with Crippen LogP contribution in [0.3, 0.4) is 0 Å². The minimum absolute atomic E-state index is 0.194. The van der Waals surface area contributed by atoms with Gasteiger partial charge < -0.3 is 0 Å². The van der Waals surface area contributed by atoms with E-state index < -0.39 is 9.84 Å². The van der Waals surface area contributed by atoms with Gasteiger partial charge in [-0.15, -0.1) is 0 Å². The maximum Gasteiger partial charge on any atom is 0.181 e. The number of hydrogen-bond acceptors (Lipinski definition) is 2. The van der Waals surface area contributed by atoms with Gasteiger partial charge in [0.15, 0.2) is 9.84 Å². The number of benzene rings is 1. The van der Waals surface area contributed by atoms with E-state index in [0.29, 0.717) is 16.7 Å². The van der Waals surface area contributed by atoms with Crippen LogP contribution in [-0.4, -0.2) is 13.7 Å². The van der Waals surface area contributed by atoms with E-state index in [1.54, 1.807) is 6.07 Å². The summed E-state index contributed by atoms with van der Waals surface area (Å²) in [6.45, 7) is 8.38. The van der Waals surface area contributed by atoms with Crippen molar-refractivity contribution in [3.8, 4) is 0 Å². The van der Waals surface area contributed by atoms with Crippen LogP contribution in [0, 0.1) is 25.7 Å². The molecule has 1 aromatic rings. The summed E-state index contributed by atoms with van der Waals surface area (Å²) in [7, 11) is -3.16. The molecule has 1 fully saturated rings. The first kappa shape index (κ1) is 14.6. The normalized spacial score (nSPS) is 28.3. The van der Waals surface area contributed by atoms with Crippen molar-refractivity contribution >= 4 is 9.84 Å². The van der Waals surface area contributed by atoms with Gasteiger partial charge >= 0.3 is 0 Å². The SMILES string of the molecule is Cc1ccc(S(=O)(=O)C2CCC(C)C(C)C2)cc1C. The highest BCUT2D eigenvalue weighted by Crippen LogP contribution is 2.35. The van der Waals surface area contributed by atoms with Crippen LogP contribution in [0.2, 0.25) is 0 Å². The third-order valence-electron chi connectivity index (χ3n) is 4.80. The second-order valence-corrected chi connectivity index (χ2v) is 8.41. The molecule has 0 radical (unpaired) electrons. The lowest BCUT2D eigenvalue weighted by Gasteiger charge is -2.31. The molecule has 19 heavy (non-hydrogen) atoms.